The number of nitrogens with zero attached hydrogens (tertiary/aromatic N) is 1. The molecule has 0 aromatic rings. The smallest absolute Gasteiger partial charge is 0.183 e. The SMILES string of the molecule is CCCCC(Cl)C(Cl)CCCCCCCCCCCC1=NC(C)(C)CO1. The first-order valence-electron chi connectivity index (χ1n) is 10.9. The molecule has 0 bridgehead atoms. The summed E-state index contributed by atoms with van der Waals surface area (Å²) in [7, 11) is 0. The molecule has 0 spiro atoms. The van der Waals surface area contributed by atoms with Crippen molar-refractivity contribution in [2.75, 3.05) is 6.61 Å². The molecule has 1 aliphatic heterocycles. The van der Waals surface area contributed by atoms with Gasteiger partial charge in [-0.25, -0.2) is 4.99 Å². The maximum atomic E-state index is 6.39. The Morgan fingerprint density at radius 2 is 1.35 bits per heavy atom. The van der Waals surface area contributed by atoms with E-state index in [4.69, 9.17) is 27.9 Å². The second-order valence-corrected chi connectivity index (χ2v) is 9.62. The van der Waals surface area contributed by atoms with E-state index < -0.39 is 0 Å². The molecule has 0 N–H and O–H groups in total. The third kappa shape index (κ3) is 11.7. The highest BCUT2D eigenvalue weighted by molar-refractivity contribution is 6.29. The first kappa shape index (κ1) is 24.1. The molecule has 0 amide bonds. The van der Waals surface area contributed by atoms with Gasteiger partial charge in [-0.3, -0.25) is 0 Å². The predicted octanol–water partition coefficient (Wildman–Crippen LogP) is 7.89. The van der Waals surface area contributed by atoms with Crippen molar-refractivity contribution < 1.29 is 4.74 Å². The van der Waals surface area contributed by atoms with E-state index >= 15 is 0 Å². The van der Waals surface area contributed by atoms with Crippen LogP contribution in [0.1, 0.15) is 111 Å². The minimum atomic E-state index is -0.000994. The third-order valence-corrected chi connectivity index (χ3v) is 6.29. The van der Waals surface area contributed by atoms with Crippen molar-refractivity contribution in [3.05, 3.63) is 0 Å². The molecule has 2 nitrogen and oxygen atoms in total. The highest BCUT2D eigenvalue weighted by Gasteiger charge is 2.25. The summed E-state index contributed by atoms with van der Waals surface area (Å²) in [4.78, 5) is 4.61. The van der Waals surface area contributed by atoms with Crippen LogP contribution in [-0.4, -0.2) is 28.8 Å². The van der Waals surface area contributed by atoms with E-state index in [-0.39, 0.29) is 16.3 Å². The van der Waals surface area contributed by atoms with Crippen molar-refractivity contribution in [2.24, 2.45) is 4.99 Å². The Kier molecular flexibility index (Phi) is 13.1. The molecule has 0 aromatic heterocycles. The van der Waals surface area contributed by atoms with Crippen LogP contribution < -0.4 is 0 Å². The molecule has 0 aromatic carbocycles. The molecule has 26 heavy (non-hydrogen) atoms. The Labute approximate surface area is 172 Å². The standard InChI is InChI=1S/C22H41Cl2NO/c1-4-5-15-19(23)20(24)16-13-11-9-7-6-8-10-12-14-17-21-25-22(2,3)18-26-21/h19-20H,4-18H2,1-3H3. The lowest BCUT2D eigenvalue weighted by molar-refractivity contribution is 0.273. The molecule has 0 radical (unpaired) electrons. The number of alkyl halides is 2. The summed E-state index contributed by atoms with van der Waals surface area (Å²) in [6.45, 7) is 7.21. The minimum absolute atomic E-state index is 0.000994. The van der Waals surface area contributed by atoms with E-state index in [2.05, 4.69) is 25.8 Å². The molecule has 4 heteroatoms. The third-order valence-electron chi connectivity index (χ3n) is 5.12. The Bertz CT molecular complexity index is 384. The van der Waals surface area contributed by atoms with Crippen LogP contribution >= 0.6 is 23.2 Å². The lowest BCUT2D eigenvalue weighted by Gasteiger charge is -2.15. The number of hydrogen-bond donors (Lipinski definition) is 0. The molecule has 154 valence electrons. The van der Waals surface area contributed by atoms with Gasteiger partial charge < -0.3 is 4.74 Å². The van der Waals surface area contributed by atoms with Gasteiger partial charge in [0.2, 0.25) is 0 Å². The molecular weight excluding hydrogens is 365 g/mol. The number of aliphatic imine (C=N–C) groups is 1. The summed E-state index contributed by atoms with van der Waals surface area (Å²) >= 11 is 12.7. The van der Waals surface area contributed by atoms with Crippen LogP contribution in [0.3, 0.4) is 0 Å². The lowest BCUT2D eigenvalue weighted by atomic mass is 10.0. The van der Waals surface area contributed by atoms with Gasteiger partial charge in [0.25, 0.3) is 0 Å². The van der Waals surface area contributed by atoms with Crippen molar-refractivity contribution in [2.45, 2.75) is 127 Å². The molecule has 2 unspecified atom stereocenters. The molecule has 0 aliphatic carbocycles. The number of ether oxygens (including phenoxy) is 1. The molecule has 1 heterocycles. The van der Waals surface area contributed by atoms with E-state index in [1.165, 1.54) is 70.6 Å². The Hall–Kier alpha value is 0.0500. The predicted molar refractivity (Wildman–Crippen MR) is 117 cm³/mol. The summed E-state index contributed by atoms with van der Waals surface area (Å²) < 4.78 is 5.63. The van der Waals surface area contributed by atoms with Crippen molar-refractivity contribution in [1.29, 1.82) is 0 Å². The zero-order valence-electron chi connectivity index (χ0n) is 17.4. The summed E-state index contributed by atoms with van der Waals surface area (Å²) in [5.74, 6) is 0.974. The number of rotatable bonds is 16. The highest BCUT2D eigenvalue weighted by atomic mass is 35.5. The van der Waals surface area contributed by atoms with Crippen molar-refractivity contribution in [3.8, 4) is 0 Å². The zero-order chi connectivity index (χ0) is 19.3. The summed E-state index contributed by atoms with van der Waals surface area (Å²) in [6.07, 6.45) is 17.3. The minimum Gasteiger partial charge on any atom is -0.478 e. The maximum absolute atomic E-state index is 6.39. The Morgan fingerprint density at radius 3 is 1.85 bits per heavy atom. The van der Waals surface area contributed by atoms with Gasteiger partial charge in [0.15, 0.2) is 5.90 Å². The van der Waals surface area contributed by atoms with E-state index in [0.29, 0.717) is 0 Å². The number of hydrogen-bond acceptors (Lipinski definition) is 2. The van der Waals surface area contributed by atoms with Gasteiger partial charge in [0, 0.05) is 17.2 Å². The number of unbranched alkanes of at least 4 members (excludes halogenated alkanes) is 9. The van der Waals surface area contributed by atoms with Crippen molar-refractivity contribution >= 4 is 29.1 Å². The highest BCUT2D eigenvalue weighted by Crippen LogP contribution is 2.22. The van der Waals surface area contributed by atoms with Crippen molar-refractivity contribution in [3.63, 3.8) is 0 Å². The second-order valence-electron chi connectivity index (χ2n) is 8.50. The van der Waals surface area contributed by atoms with Crippen molar-refractivity contribution in [1.82, 2.24) is 0 Å². The van der Waals surface area contributed by atoms with Gasteiger partial charge in [-0.2, -0.15) is 0 Å². The van der Waals surface area contributed by atoms with Gasteiger partial charge in [-0.05, 0) is 33.1 Å². The fourth-order valence-electron chi connectivity index (χ4n) is 3.40. The van der Waals surface area contributed by atoms with Crippen LogP contribution in [0.25, 0.3) is 0 Å². The van der Waals surface area contributed by atoms with Crippen LogP contribution in [0.15, 0.2) is 4.99 Å². The largest absolute Gasteiger partial charge is 0.478 e. The van der Waals surface area contributed by atoms with Gasteiger partial charge >= 0.3 is 0 Å². The Balaban J connectivity index is 1.84. The van der Waals surface area contributed by atoms with Crippen LogP contribution in [0, 0.1) is 0 Å². The topological polar surface area (TPSA) is 21.6 Å². The van der Waals surface area contributed by atoms with E-state index in [1.54, 1.807) is 0 Å². The van der Waals surface area contributed by atoms with E-state index in [0.717, 1.165) is 31.8 Å². The van der Waals surface area contributed by atoms with Crippen LogP contribution in [0.5, 0.6) is 0 Å². The molecule has 1 rings (SSSR count). The molecule has 2 atom stereocenters. The fraction of sp³-hybridized carbons (Fsp3) is 0.955. The molecule has 0 fully saturated rings. The lowest BCUT2D eigenvalue weighted by Crippen LogP contribution is -2.17. The first-order valence-corrected chi connectivity index (χ1v) is 11.8. The van der Waals surface area contributed by atoms with Gasteiger partial charge in [-0.1, -0.05) is 71.1 Å². The van der Waals surface area contributed by atoms with E-state index in [9.17, 15) is 0 Å². The molecule has 0 saturated carbocycles. The zero-order valence-corrected chi connectivity index (χ0v) is 18.9. The van der Waals surface area contributed by atoms with Crippen LogP contribution in [-0.2, 0) is 4.74 Å². The fourth-order valence-corrected chi connectivity index (χ4v) is 3.96. The van der Waals surface area contributed by atoms with E-state index in [1.807, 2.05) is 0 Å². The maximum Gasteiger partial charge on any atom is 0.183 e. The normalized spacial score (nSPS) is 18.4. The average Bonchev–Trinajstić information content (AvgIpc) is 2.96. The monoisotopic (exact) mass is 405 g/mol. The average molecular weight is 406 g/mol. The van der Waals surface area contributed by atoms with Gasteiger partial charge in [0.1, 0.15) is 6.61 Å². The summed E-state index contributed by atoms with van der Waals surface area (Å²) in [5.41, 5.74) is -0.000994. The summed E-state index contributed by atoms with van der Waals surface area (Å²) in [6, 6.07) is 0. The molecule has 0 saturated heterocycles. The van der Waals surface area contributed by atoms with Gasteiger partial charge in [-0.15, -0.1) is 23.2 Å². The second kappa shape index (κ2) is 14.1. The first-order chi connectivity index (χ1) is 12.4. The molecule has 1 aliphatic rings. The Morgan fingerprint density at radius 1 is 0.846 bits per heavy atom. The quantitative estimate of drug-likeness (QED) is 0.189. The number of halogens is 2. The van der Waals surface area contributed by atoms with Crippen LogP contribution in [0.4, 0.5) is 0 Å². The molecular formula is C22H41Cl2NO. The van der Waals surface area contributed by atoms with Crippen LogP contribution in [0.2, 0.25) is 0 Å². The van der Waals surface area contributed by atoms with Gasteiger partial charge in [0.05, 0.1) is 5.54 Å². The summed E-state index contributed by atoms with van der Waals surface area (Å²) in [5, 5.41) is 0.311.